The first-order chi connectivity index (χ1) is 14.6. The van der Waals surface area contributed by atoms with Crippen LogP contribution in [-0.2, 0) is 4.74 Å². The standard InChI is InChI=1S/C19H21N9O2/c1-12(2)13-8-17(28-19(24-13)20-11-22-28)23-14-9-30-10-15(14)27-18(29)5-4-16(25-27)26-7-3-6-21-26/h3-8,11-12,14-15,23H,9-10H2,1-2H3. The van der Waals surface area contributed by atoms with Crippen molar-refractivity contribution in [2.24, 2.45) is 0 Å². The van der Waals surface area contributed by atoms with Crippen molar-refractivity contribution in [2.75, 3.05) is 18.5 Å². The number of nitrogens with zero attached hydrogens (tertiary/aromatic N) is 8. The van der Waals surface area contributed by atoms with Crippen LogP contribution in [0.4, 0.5) is 5.82 Å². The molecule has 5 heterocycles. The molecule has 1 N–H and O–H groups in total. The summed E-state index contributed by atoms with van der Waals surface area (Å²) in [6.45, 7) is 4.95. The Balaban J connectivity index is 1.50. The normalized spacial score (nSPS) is 19.0. The van der Waals surface area contributed by atoms with Crippen LogP contribution in [0.5, 0.6) is 0 Å². The van der Waals surface area contributed by atoms with Crippen molar-refractivity contribution in [1.82, 2.24) is 39.1 Å². The molecule has 0 bridgehead atoms. The minimum Gasteiger partial charge on any atom is -0.377 e. The maximum absolute atomic E-state index is 12.6. The fourth-order valence-electron chi connectivity index (χ4n) is 3.52. The molecule has 30 heavy (non-hydrogen) atoms. The predicted octanol–water partition coefficient (Wildman–Crippen LogP) is 1.04. The van der Waals surface area contributed by atoms with Crippen molar-refractivity contribution in [3.63, 3.8) is 0 Å². The third-order valence-corrected chi connectivity index (χ3v) is 5.11. The van der Waals surface area contributed by atoms with E-state index in [2.05, 4.69) is 44.4 Å². The van der Waals surface area contributed by atoms with Gasteiger partial charge in [-0.2, -0.15) is 19.7 Å². The fourth-order valence-corrected chi connectivity index (χ4v) is 3.52. The first-order valence-corrected chi connectivity index (χ1v) is 9.75. The van der Waals surface area contributed by atoms with Crippen LogP contribution in [0.2, 0.25) is 0 Å². The van der Waals surface area contributed by atoms with E-state index >= 15 is 0 Å². The first kappa shape index (κ1) is 18.4. The molecular weight excluding hydrogens is 386 g/mol. The Bertz CT molecular complexity index is 1230. The number of anilines is 1. The Morgan fingerprint density at radius 1 is 1.23 bits per heavy atom. The van der Waals surface area contributed by atoms with Gasteiger partial charge in [0.2, 0.25) is 0 Å². The number of nitrogens with one attached hydrogen (secondary N) is 1. The van der Waals surface area contributed by atoms with Crippen molar-refractivity contribution in [1.29, 1.82) is 0 Å². The molecule has 0 aliphatic carbocycles. The van der Waals surface area contributed by atoms with E-state index in [4.69, 9.17) is 4.74 Å². The lowest BCUT2D eigenvalue weighted by Gasteiger charge is -2.22. The lowest BCUT2D eigenvalue weighted by Crippen LogP contribution is -2.38. The molecule has 0 saturated carbocycles. The average molecular weight is 407 g/mol. The van der Waals surface area contributed by atoms with E-state index in [-0.39, 0.29) is 23.6 Å². The van der Waals surface area contributed by atoms with Crippen LogP contribution in [-0.4, -0.2) is 58.4 Å². The molecule has 11 nitrogen and oxygen atoms in total. The largest absolute Gasteiger partial charge is 0.377 e. The van der Waals surface area contributed by atoms with Gasteiger partial charge in [-0.25, -0.2) is 14.3 Å². The van der Waals surface area contributed by atoms with Gasteiger partial charge < -0.3 is 10.1 Å². The maximum atomic E-state index is 12.6. The van der Waals surface area contributed by atoms with Gasteiger partial charge in [-0.05, 0) is 18.1 Å². The van der Waals surface area contributed by atoms with E-state index in [0.717, 1.165) is 11.5 Å². The van der Waals surface area contributed by atoms with Gasteiger partial charge >= 0.3 is 0 Å². The van der Waals surface area contributed by atoms with Crippen LogP contribution >= 0.6 is 0 Å². The Morgan fingerprint density at radius 3 is 2.93 bits per heavy atom. The number of rotatable bonds is 5. The van der Waals surface area contributed by atoms with Gasteiger partial charge in [0.15, 0.2) is 5.82 Å². The van der Waals surface area contributed by atoms with E-state index in [1.54, 1.807) is 33.7 Å². The minimum atomic E-state index is -0.290. The second-order valence-corrected chi connectivity index (χ2v) is 7.47. The number of fused-ring (bicyclic) bond motifs is 1. The summed E-state index contributed by atoms with van der Waals surface area (Å²) in [5.41, 5.74) is 0.709. The van der Waals surface area contributed by atoms with Gasteiger partial charge in [-0.3, -0.25) is 4.79 Å². The van der Waals surface area contributed by atoms with Gasteiger partial charge in [0, 0.05) is 24.5 Å². The van der Waals surface area contributed by atoms with Gasteiger partial charge in [0.25, 0.3) is 11.3 Å². The van der Waals surface area contributed by atoms with E-state index in [0.29, 0.717) is 24.8 Å². The highest BCUT2D eigenvalue weighted by molar-refractivity contribution is 5.46. The Kier molecular flexibility index (Phi) is 4.51. The van der Waals surface area contributed by atoms with E-state index in [1.165, 1.54) is 17.1 Å². The number of ether oxygens (including phenoxy) is 1. The number of hydrogen-bond acceptors (Lipinski definition) is 8. The summed E-state index contributed by atoms with van der Waals surface area (Å²) < 4.78 is 10.4. The lowest BCUT2D eigenvalue weighted by molar-refractivity contribution is 0.182. The van der Waals surface area contributed by atoms with E-state index in [9.17, 15) is 4.79 Å². The summed E-state index contributed by atoms with van der Waals surface area (Å²) in [5, 5.41) is 16.5. The van der Waals surface area contributed by atoms with Crippen LogP contribution in [0.25, 0.3) is 11.6 Å². The molecule has 1 aliphatic rings. The van der Waals surface area contributed by atoms with Crippen LogP contribution in [0.1, 0.15) is 31.5 Å². The summed E-state index contributed by atoms with van der Waals surface area (Å²) in [7, 11) is 0. The maximum Gasteiger partial charge on any atom is 0.267 e. The smallest absolute Gasteiger partial charge is 0.267 e. The summed E-state index contributed by atoms with van der Waals surface area (Å²) >= 11 is 0. The summed E-state index contributed by atoms with van der Waals surface area (Å²) in [5.74, 6) is 2.07. The Hall–Kier alpha value is -3.60. The van der Waals surface area contributed by atoms with Gasteiger partial charge in [0.05, 0.1) is 24.9 Å². The zero-order valence-corrected chi connectivity index (χ0v) is 16.6. The molecular formula is C19H21N9O2. The molecule has 0 amide bonds. The second-order valence-electron chi connectivity index (χ2n) is 7.47. The summed E-state index contributed by atoms with van der Waals surface area (Å²) in [6.07, 6.45) is 4.92. The van der Waals surface area contributed by atoms with Crippen LogP contribution in [0.3, 0.4) is 0 Å². The van der Waals surface area contributed by atoms with Gasteiger partial charge in [-0.1, -0.05) is 13.8 Å². The monoisotopic (exact) mass is 407 g/mol. The Labute approximate surface area is 171 Å². The highest BCUT2D eigenvalue weighted by Gasteiger charge is 2.32. The number of hydrogen-bond donors (Lipinski definition) is 1. The van der Waals surface area contributed by atoms with E-state index in [1.807, 2.05) is 6.07 Å². The molecule has 1 aliphatic heterocycles. The third-order valence-electron chi connectivity index (χ3n) is 5.11. The molecule has 154 valence electrons. The number of aromatic nitrogens is 8. The highest BCUT2D eigenvalue weighted by Crippen LogP contribution is 2.24. The second kappa shape index (κ2) is 7.34. The first-order valence-electron chi connectivity index (χ1n) is 9.75. The van der Waals surface area contributed by atoms with Crippen molar-refractivity contribution in [3.8, 4) is 5.82 Å². The van der Waals surface area contributed by atoms with Crippen molar-refractivity contribution < 1.29 is 4.74 Å². The van der Waals surface area contributed by atoms with Gasteiger partial charge in [0.1, 0.15) is 18.2 Å². The molecule has 4 aromatic rings. The molecule has 0 radical (unpaired) electrons. The molecule has 0 spiro atoms. The van der Waals surface area contributed by atoms with Crippen LogP contribution in [0, 0.1) is 0 Å². The van der Waals surface area contributed by atoms with Crippen LogP contribution < -0.4 is 10.9 Å². The van der Waals surface area contributed by atoms with Crippen molar-refractivity contribution in [3.05, 3.63) is 59.0 Å². The van der Waals surface area contributed by atoms with Crippen LogP contribution in [0.15, 0.2) is 47.8 Å². The average Bonchev–Trinajstić information content (AvgIpc) is 3.50. The van der Waals surface area contributed by atoms with Crippen molar-refractivity contribution >= 4 is 11.6 Å². The van der Waals surface area contributed by atoms with Gasteiger partial charge in [-0.15, -0.1) is 5.10 Å². The third kappa shape index (κ3) is 3.22. The molecule has 2 atom stereocenters. The minimum absolute atomic E-state index is 0.183. The zero-order chi connectivity index (χ0) is 20.7. The zero-order valence-electron chi connectivity index (χ0n) is 16.6. The fraction of sp³-hybridized carbons (Fsp3) is 0.368. The molecule has 5 rings (SSSR count). The molecule has 1 saturated heterocycles. The topological polar surface area (TPSA) is 117 Å². The molecule has 11 heteroatoms. The summed E-state index contributed by atoms with van der Waals surface area (Å²) in [4.78, 5) is 21.4. The summed E-state index contributed by atoms with van der Waals surface area (Å²) in [6, 6.07) is 6.44. The highest BCUT2D eigenvalue weighted by atomic mass is 16.5. The molecule has 0 aromatic carbocycles. The molecule has 2 unspecified atom stereocenters. The molecule has 4 aromatic heterocycles. The van der Waals surface area contributed by atoms with Crippen molar-refractivity contribution in [2.45, 2.75) is 31.8 Å². The molecule has 1 fully saturated rings. The lowest BCUT2D eigenvalue weighted by atomic mass is 10.1. The predicted molar refractivity (Wildman–Crippen MR) is 108 cm³/mol. The Morgan fingerprint density at radius 2 is 2.13 bits per heavy atom. The van der Waals surface area contributed by atoms with E-state index < -0.39 is 0 Å². The SMILES string of the molecule is CC(C)c1cc(NC2COCC2n2nc(-n3cccn3)ccc2=O)n2ncnc2n1. The quantitative estimate of drug-likeness (QED) is 0.522.